The first-order valence-electron chi connectivity index (χ1n) is 8.58. The average molecular weight is 402 g/mol. The zero-order valence-corrected chi connectivity index (χ0v) is 14.8. The molecule has 0 radical (unpaired) electrons. The molecule has 4 aromatic heterocycles. The van der Waals surface area contributed by atoms with E-state index < -0.39 is 17.8 Å². The molecule has 29 heavy (non-hydrogen) atoms. The molecule has 0 saturated heterocycles. The van der Waals surface area contributed by atoms with Gasteiger partial charge < -0.3 is 10.3 Å². The number of hydrogen-bond donors (Lipinski definition) is 2. The van der Waals surface area contributed by atoms with Crippen molar-refractivity contribution in [1.29, 1.82) is 0 Å². The Morgan fingerprint density at radius 1 is 1.03 bits per heavy atom. The molecule has 2 N–H and O–H groups in total. The first-order valence-corrected chi connectivity index (χ1v) is 8.58. The number of anilines is 1. The van der Waals surface area contributed by atoms with Crippen molar-refractivity contribution in [2.75, 3.05) is 5.32 Å². The summed E-state index contributed by atoms with van der Waals surface area (Å²) >= 11 is 0. The third kappa shape index (κ3) is 4.00. The van der Waals surface area contributed by atoms with Crippen molar-refractivity contribution in [3.8, 4) is 0 Å². The zero-order valence-electron chi connectivity index (χ0n) is 14.8. The van der Waals surface area contributed by atoms with Gasteiger partial charge in [0.2, 0.25) is 5.95 Å². The number of rotatable bonds is 5. The molecular weight excluding hydrogens is 388 g/mol. The highest BCUT2D eigenvalue weighted by Gasteiger charge is 2.34. The van der Waals surface area contributed by atoms with Gasteiger partial charge in [-0.3, -0.25) is 4.98 Å². The Bertz CT molecular complexity index is 1150. The summed E-state index contributed by atoms with van der Waals surface area (Å²) in [4.78, 5) is 18.3. The highest BCUT2D eigenvalue weighted by Crippen LogP contribution is 2.30. The van der Waals surface area contributed by atoms with Gasteiger partial charge in [0, 0.05) is 48.1 Å². The fourth-order valence-corrected chi connectivity index (χ4v) is 2.98. The van der Waals surface area contributed by atoms with Crippen LogP contribution in [0.25, 0.3) is 11.0 Å². The number of aromatic nitrogens is 5. The van der Waals surface area contributed by atoms with Crippen molar-refractivity contribution >= 4 is 16.9 Å². The largest absolute Gasteiger partial charge is 0.433 e. The van der Waals surface area contributed by atoms with Gasteiger partial charge in [0.1, 0.15) is 23.5 Å². The van der Waals surface area contributed by atoms with Crippen molar-refractivity contribution in [2.24, 2.45) is 0 Å². The Morgan fingerprint density at radius 3 is 2.69 bits per heavy atom. The Labute approximate surface area is 162 Å². The van der Waals surface area contributed by atoms with Gasteiger partial charge in [0.25, 0.3) is 0 Å². The average Bonchev–Trinajstić information content (AvgIpc) is 3.11. The van der Waals surface area contributed by atoms with Crippen LogP contribution in [-0.2, 0) is 19.1 Å². The van der Waals surface area contributed by atoms with Crippen LogP contribution in [0.2, 0.25) is 0 Å². The molecule has 0 fully saturated rings. The molecule has 148 valence electrons. The fraction of sp³-hybridized carbons (Fsp3) is 0.158. The van der Waals surface area contributed by atoms with E-state index in [4.69, 9.17) is 0 Å². The highest BCUT2D eigenvalue weighted by molar-refractivity contribution is 5.78. The van der Waals surface area contributed by atoms with E-state index in [-0.39, 0.29) is 24.3 Å². The summed E-state index contributed by atoms with van der Waals surface area (Å²) in [5.74, 6) is -0.575. The lowest BCUT2D eigenvalue weighted by atomic mass is 10.1. The van der Waals surface area contributed by atoms with E-state index in [1.54, 1.807) is 18.5 Å². The minimum atomic E-state index is -4.57. The van der Waals surface area contributed by atoms with Crippen molar-refractivity contribution in [2.45, 2.75) is 19.1 Å². The molecule has 0 unspecified atom stereocenters. The predicted molar refractivity (Wildman–Crippen MR) is 97.5 cm³/mol. The number of hydrogen-bond acceptors (Lipinski definition) is 5. The van der Waals surface area contributed by atoms with Crippen LogP contribution in [0.15, 0.2) is 49.2 Å². The van der Waals surface area contributed by atoms with Crippen LogP contribution in [-0.4, -0.2) is 24.9 Å². The summed E-state index contributed by atoms with van der Waals surface area (Å²) < 4.78 is 53.5. The van der Waals surface area contributed by atoms with E-state index in [1.807, 2.05) is 0 Å². The van der Waals surface area contributed by atoms with Gasteiger partial charge in [-0.2, -0.15) is 17.6 Å². The van der Waals surface area contributed by atoms with Gasteiger partial charge in [0.15, 0.2) is 0 Å². The standard InChI is InChI=1S/C19H14F4N6/c20-17-11(6-13-8-27-18-14(13)9-24-10-28-18)3-4-15(29-17)26-7-12-2-1-5-25-16(12)19(21,22)23/h1-5,8-10H,6-7H2,(H,26,29)(H,24,27,28). The third-order valence-electron chi connectivity index (χ3n) is 4.37. The quantitative estimate of drug-likeness (QED) is 0.388. The van der Waals surface area contributed by atoms with E-state index in [1.165, 1.54) is 24.5 Å². The highest BCUT2D eigenvalue weighted by atomic mass is 19.4. The van der Waals surface area contributed by atoms with Crippen molar-refractivity contribution < 1.29 is 17.6 Å². The molecule has 10 heteroatoms. The second kappa shape index (κ2) is 7.46. The third-order valence-corrected chi connectivity index (χ3v) is 4.37. The molecule has 0 aromatic carbocycles. The number of nitrogens with zero attached hydrogens (tertiary/aromatic N) is 4. The number of H-pyrrole nitrogens is 1. The van der Waals surface area contributed by atoms with E-state index >= 15 is 0 Å². The van der Waals surface area contributed by atoms with Crippen molar-refractivity contribution in [3.63, 3.8) is 0 Å². The van der Waals surface area contributed by atoms with Gasteiger partial charge >= 0.3 is 6.18 Å². The number of halogens is 4. The zero-order chi connectivity index (χ0) is 20.4. The first-order chi connectivity index (χ1) is 13.9. The van der Waals surface area contributed by atoms with Crippen molar-refractivity contribution in [1.82, 2.24) is 24.9 Å². The summed E-state index contributed by atoms with van der Waals surface area (Å²) in [5.41, 5.74) is 0.777. The number of pyridine rings is 2. The van der Waals surface area contributed by atoms with E-state index in [0.717, 1.165) is 17.1 Å². The molecule has 0 spiro atoms. The summed E-state index contributed by atoms with van der Waals surface area (Å²) in [6, 6.07) is 5.79. The maximum atomic E-state index is 14.5. The molecule has 0 amide bonds. The normalized spacial score (nSPS) is 11.7. The Kier molecular flexibility index (Phi) is 4.83. The maximum absolute atomic E-state index is 14.5. The summed E-state index contributed by atoms with van der Waals surface area (Å²) in [5, 5.41) is 3.50. The molecule has 0 saturated carbocycles. The van der Waals surface area contributed by atoms with Gasteiger partial charge in [0.05, 0.1) is 0 Å². The van der Waals surface area contributed by atoms with Crippen LogP contribution in [0, 0.1) is 5.95 Å². The Morgan fingerprint density at radius 2 is 1.90 bits per heavy atom. The van der Waals surface area contributed by atoms with Gasteiger partial charge in [-0.05, 0) is 17.7 Å². The lowest BCUT2D eigenvalue weighted by Crippen LogP contribution is -2.14. The molecular formula is C19H14F4N6. The molecule has 4 aromatic rings. The van der Waals surface area contributed by atoms with Crippen molar-refractivity contribution in [3.05, 3.63) is 77.5 Å². The second-order valence-electron chi connectivity index (χ2n) is 6.28. The minimum Gasteiger partial charge on any atom is -0.366 e. The lowest BCUT2D eigenvalue weighted by Gasteiger charge is -2.12. The second-order valence-corrected chi connectivity index (χ2v) is 6.28. The topological polar surface area (TPSA) is 79.4 Å². The SMILES string of the molecule is Fc1nc(NCc2cccnc2C(F)(F)F)ccc1Cc1c[nH]c2ncncc12. The summed E-state index contributed by atoms with van der Waals surface area (Å²) in [6.45, 7) is -0.186. The van der Waals surface area contributed by atoms with Crippen LogP contribution < -0.4 is 5.32 Å². The van der Waals surface area contributed by atoms with E-state index in [9.17, 15) is 17.6 Å². The fourth-order valence-electron chi connectivity index (χ4n) is 2.98. The molecule has 0 aliphatic carbocycles. The number of fused-ring (bicyclic) bond motifs is 1. The van der Waals surface area contributed by atoms with Crippen LogP contribution >= 0.6 is 0 Å². The summed E-state index contributed by atoms with van der Waals surface area (Å²) in [7, 11) is 0. The number of alkyl halides is 3. The van der Waals surface area contributed by atoms with Gasteiger partial charge in [-0.1, -0.05) is 12.1 Å². The minimum absolute atomic E-state index is 0.0509. The maximum Gasteiger partial charge on any atom is 0.433 e. The molecule has 6 nitrogen and oxygen atoms in total. The molecule has 0 aliphatic rings. The van der Waals surface area contributed by atoms with Crippen LogP contribution in [0.1, 0.15) is 22.4 Å². The van der Waals surface area contributed by atoms with Gasteiger partial charge in [-0.15, -0.1) is 0 Å². The van der Waals surface area contributed by atoms with Gasteiger partial charge in [-0.25, -0.2) is 15.0 Å². The predicted octanol–water partition coefficient (Wildman–Crippen LogP) is 4.11. The number of aromatic amines is 1. The molecule has 0 atom stereocenters. The Balaban J connectivity index is 1.50. The van der Waals surface area contributed by atoms with Crippen LogP contribution in [0.3, 0.4) is 0 Å². The molecule has 0 aliphatic heterocycles. The number of nitrogens with one attached hydrogen (secondary N) is 2. The first kappa shape index (κ1) is 18.8. The molecule has 4 heterocycles. The Hall–Kier alpha value is -3.56. The molecule has 4 rings (SSSR count). The van der Waals surface area contributed by atoms with E-state index in [0.29, 0.717) is 11.2 Å². The van der Waals surface area contributed by atoms with E-state index in [2.05, 4.69) is 30.2 Å². The van der Waals surface area contributed by atoms with Crippen LogP contribution in [0.5, 0.6) is 0 Å². The summed E-state index contributed by atoms with van der Waals surface area (Å²) in [6.07, 6.45) is 1.57. The molecule has 0 bridgehead atoms. The lowest BCUT2D eigenvalue weighted by molar-refractivity contribution is -0.141. The smallest absolute Gasteiger partial charge is 0.366 e. The van der Waals surface area contributed by atoms with Crippen LogP contribution in [0.4, 0.5) is 23.4 Å². The monoisotopic (exact) mass is 402 g/mol.